The molecule has 2 heterocycles. The number of sulfonamides is 1. The van der Waals surface area contributed by atoms with Gasteiger partial charge in [-0.1, -0.05) is 56.4 Å². The monoisotopic (exact) mass is 623 g/mol. The Labute approximate surface area is 266 Å². The van der Waals surface area contributed by atoms with Gasteiger partial charge >= 0.3 is 0 Å². The van der Waals surface area contributed by atoms with Crippen molar-refractivity contribution in [2.75, 3.05) is 45.8 Å². The second-order valence-electron chi connectivity index (χ2n) is 12.4. The van der Waals surface area contributed by atoms with E-state index >= 15 is 0 Å². The Morgan fingerprint density at radius 3 is 2.66 bits per heavy atom. The van der Waals surface area contributed by atoms with Crippen molar-refractivity contribution in [2.24, 2.45) is 21.8 Å². The number of Topliss-reactive ketones (excluding diaryl/α,β-unsaturated/α-hetero) is 1. The molecular weight excluding hydrogens is 570 g/mol. The second-order valence-corrected chi connectivity index (χ2v) is 14.1. The highest BCUT2D eigenvalue weighted by molar-refractivity contribution is 7.93. The summed E-state index contributed by atoms with van der Waals surface area (Å²) in [5.41, 5.74) is 2.38. The van der Waals surface area contributed by atoms with Crippen LogP contribution in [0.1, 0.15) is 79.1 Å². The van der Waals surface area contributed by atoms with E-state index in [1.807, 2.05) is 32.2 Å². The summed E-state index contributed by atoms with van der Waals surface area (Å²) >= 11 is 0. The van der Waals surface area contributed by atoms with Crippen molar-refractivity contribution in [1.82, 2.24) is 14.5 Å². The third-order valence-corrected chi connectivity index (χ3v) is 10.0. The molecule has 3 aliphatic rings. The van der Waals surface area contributed by atoms with Crippen molar-refractivity contribution in [3.05, 3.63) is 46.6 Å². The predicted molar refractivity (Wildman–Crippen MR) is 183 cm³/mol. The zero-order valence-electron chi connectivity index (χ0n) is 27.4. The van der Waals surface area contributed by atoms with Gasteiger partial charge in [0.2, 0.25) is 10.0 Å². The van der Waals surface area contributed by atoms with Crippen LogP contribution in [0, 0.1) is 23.7 Å². The van der Waals surface area contributed by atoms with Crippen LogP contribution in [0.2, 0.25) is 0 Å². The lowest BCUT2D eigenvalue weighted by molar-refractivity contribution is -0.124. The van der Waals surface area contributed by atoms with Crippen LogP contribution < -0.4 is 4.72 Å². The topological polar surface area (TPSA) is 94.4 Å². The number of rotatable bonds is 17. The number of carbonyl (C=O) groups excluding carboxylic acids is 1. The zero-order valence-corrected chi connectivity index (χ0v) is 28.2. The van der Waals surface area contributed by atoms with Crippen LogP contribution in [0.4, 0.5) is 0 Å². The van der Waals surface area contributed by atoms with Gasteiger partial charge in [-0.25, -0.2) is 13.1 Å². The van der Waals surface area contributed by atoms with Crippen LogP contribution in [0.5, 0.6) is 0 Å². The molecule has 0 saturated carbocycles. The van der Waals surface area contributed by atoms with E-state index in [0.717, 1.165) is 76.9 Å². The molecule has 3 unspecified atom stereocenters. The summed E-state index contributed by atoms with van der Waals surface area (Å²) in [6.45, 7) is 18.3. The first kappa shape index (κ1) is 35.8. The third kappa shape index (κ3) is 11.7. The fraction of sp³-hybridized carbons (Fsp3) is 0.629. The summed E-state index contributed by atoms with van der Waals surface area (Å²) in [6, 6.07) is -0.283. The van der Waals surface area contributed by atoms with E-state index < -0.39 is 10.0 Å². The lowest BCUT2D eigenvalue weighted by Gasteiger charge is -2.26. The average Bonchev–Trinajstić information content (AvgIpc) is 3.41. The van der Waals surface area contributed by atoms with E-state index in [0.29, 0.717) is 37.3 Å². The van der Waals surface area contributed by atoms with E-state index in [-0.39, 0.29) is 22.8 Å². The summed E-state index contributed by atoms with van der Waals surface area (Å²) in [5.74, 6) is 6.60. The average molecular weight is 624 g/mol. The molecule has 9 heteroatoms. The number of allylic oxidation sites excluding steroid dienone is 4. The number of hydrogen-bond acceptors (Lipinski definition) is 7. The Kier molecular flexibility index (Phi) is 15.0. The van der Waals surface area contributed by atoms with Gasteiger partial charge in [0.05, 0.1) is 12.2 Å². The lowest BCUT2D eigenvalue weighted by atomic mass is 9.86. The normalized spacial score (nSPS) is 20.1. The van der Waals surface area contributed by atoms with Gasteiger partial charge in [0, 0.05) is 62.8 Å². The summed E-state index contributed by atoms with van der Waals surface area (Å²) in [7, 11) is -3.79. The molecule has 0 bridgehead atoms. The summed E-state index contributed by atoms with van der Waals surface area (Å²) in [5, 5.41) is 0. The predicted octanol–water partition coefficient (Wildman–Crippen LogP) is 5.32. The largest absolute Gasteiger partial charge is 0.298 e. The van der Waals surface area contributed by atoms with E-state index in [1.165, 1.54) is 5.57 Å². The maximum Gasteiger partial charge on any atom is 0.242 e. The first-order chi connectivity index (χ1) is 21.1. The van der Waals surface area contributed by atoms with Crippen LogP contribution in [0.15, 0.2) is 56.5 Å². The Balaban J connectivity index is 1.51. The van der Waals surface area contributed by atoms with Gasteiger partial charge in [0.1, 0.15) is 10.7 Å². The van der Waals surface area contributed by atoms with Crippen molar-refractivity contribution in [2.45, 2.75) is 85.1 Å². The summed E-state index contributed by atoms with van der Waals surface area (Å²) in [4.78, 5) is 27.2. The van der Waals surface area contributed by atoms with E-state index in [9.17, 15) is 13.2 Å². The van der Waals surface area contributed by atoms with Gasteiger partial charge in [-0.15, -0.1) is 0 Å². The fourth-order valence-corrected chi connectivity index (χ4v) is 7.74. The zero-order chi connectivity index (χ0) is 32.0. The van der Waals surface area contributed by atoms with Gasteiger partial charge in [-0.05, 0) is 77.2 Å². The Bertz CT molecular complexity index is 1320. The van der Waals surface area contributed by atoms with Gasteiger partial charge in [0.25, 0.3) is 0 Å². The molecule has 0 aromatic carbocycles. The van der Waals surface area contributed by atoms with Crippen LogP contribution in [-0.2, 0) is 14.8 Å². The Hall–Kier alpha value is -2.64. The molecule has 8 nitrogen and oxygen atoms in total. The molecule has 0 radical (unpaired) electrons. The quantitative estimate of drug-likeness (QED) is 0.135. The van der Waals surface area contributed by atoms with Gasteiger partial charge in [-0.2, -0.15) is 0 Å². The number of hydrogen-bond donors (Lipinski definition) is 1. The molecule has 1 fully saturated rings. The molecule has 3 atom stereocenters. The molecule has 1 aliphatic carbocycles. The van der Waals surface area contributed by atoms with Crippen molar-refractivity contribution < 1.29 is 13.2 Å². The molecule has 44 heavy (non-hydrogen) atoms. The first-order valence-electron chi connectivity index (χ1n) is 16.4. The Morgan fingerprint density at radius 1 is 1.18 bits per heavy atom. The fourth-order valence-electron chi connectivity index (χ4n) is 6.25. The molecule has 0 spiro atoms. The highest BCUT2D eigenvalue weighted by Crippen LogP contribution is 2.28. The molecule has 242 valence electrons. The molecule has 2 aliphatic heterocycles. The number of carbonyl (C=O) groups is 1. The SMILES string of the molecule is C=C(CC/N=C\C)CN1CCCN(CC(=O)C(CCC)CC(C)CC(C)NS(=O)(=O)C2=CCC#CC3=C2N=CC=CC3)CC1. The molecule has 0 aromatic rings. The van der Waals surface area contributed by atoms with Gasteiger partial charge in [0.15, 0.2) is 0 Å². The van der Waals surface area contributed by atoms with E-state index in [4.69, 9.17) is 0 Å². The first-order valence-corrected chi connectivity index (χ1v) is 17.8. The maximum atomic E-state index is 13.5. The van der Waals surface area contributed by atoms with Gasteiger partial charge < -0.3 is 0 Å². The smallest absolute Gasteiger partial charge is 0.242 e. The molecular formula is C35H53N5O3S. The van der Waals surface area contributed by atoms with Crippen molar-refractivity contribution in [3.63, 3.8) is 0 Å². The van der Waals surface area contributed by atoms with Crippen molar-refractivity contribution in [3.8, 4) is 11.8 Å². The highest BCUT2D eigenvalue weighted by Gasteiger charge is 2.28. The Morgan fingerprint density at radius 2 is 1.93 bits per heavy atom. The standard InChI is InChI=1S/C35H53N5O3S/c1-6-13-32(33(41)27-40-21-12-20-39(22-23-40)26-28(3)17-19-36-7-2)25-29(4)24-30(5)38-44(42,43)34-16-9-8-14-31-15-10-11-18-37-35(31)34/h7,10-11,16,18,29-30,32,38H,3,6,9,12-13,15,17,19-27H2,1-2,4-5H3/b36-7-. The minimum Gasteiger partial charge on any atom is -0.298 e. The molecule has 1 saturated heterocycles. The van der Waals surface area contributed by atoms with E-state index in [2.05, 4.69) is 56.8 Å². The number of nitrogens with one attached hydrogen (secondary N) is 1. The second kappa shape index (κ2) is 18.4. The highest BCUT2D eigenvalue weighted by atomic mass is 32.2. The number of nitrogens with zero attached hydrogens (tertiary/aromatic N) is 4. The summed E-state index contributed by atoms with van der Waals surface area (Å²) < 4.78 is 29.9. The molecule has 0 amide bonds. The maximum absolute atomic E-state index is 13.5. The van der Waals surface area contributed by atoms with Crippen LogP contribution >= 0.6 is 0 Å². The van der Waals surface area contributed by atoms with Crippen molar-refractivity contribution in [1.29, 1.82) is 0 Å². The van der Waals surface area contributed by atoms with E-state index in [1.54, 1.807) is 12.3 Å². The van der Waals surface area contributed by atoms with Crippen LogP contribution in [0.3, 0.4) is 0 Å². The van der Waals surface area contributed by atoms with Gasteiger partial charge in [-0.3, -0.25) is 24.6 Å². The molecule has 3 rings (SSSR count). The lowest BCUT2D eigenvalue weighted by Crippen LogP contribution is -2.38. The third-order valence-electron chi connectivity index (χ3n) is 8.36. The van der Waals surface area contributed by atoms with Crippen LogP contribution in [0.25, 0.3) is 0 Å². The molecule has 1 N–H and O–H groups in total. The number of ketones is 1. The summed E-state index contributed by atoms with van der Waals surface area (Å²) in [6.07, 6.45) is 15.0. The minimum atomic E-state index is -3.79. The number of aliphatic imine (C=N–C) groups is 2. The minimum absolute atomic E-state index is 0.0145. The van der Waals surface area contributed by atoms with Crippen molar-refractivity contribution >= 4 is 28.2 Å². The van der Waals surface area contributed by atoms with Crippen LogP contribution in [-0.4, -0.2) is 88.3 Å². The molecule has 0 aromatic heterocycles.